The second-order valence-corrected chi connectivity index (χ2v) is 4.28. The highest BCUT2D eigenvalue weighted by atomic mass is 35.5. The molecule has 0 radical (unpaired) electrons. The van der Waals surface area contributed by atoms with Crippen molar-refractivity contribution in [1.82, 2.24) is 4.90 Å². The molecule has 0 aromatic heterocycles. The maximum Gasteiger partial charge on any atom is 0.238 e. The summed E-state index contributed by atoms with van der Waals surface area (Å²) in [6.07, 6.45) is 0. The highest BCUT2D eigenvalue weighted by Gasteiger charge is 2.09. The van der Waals surface area contributed by atoms with Crippen molar-refractivity contribution < 1.29 is 9.90 Å². The SMILES string of the molecule is CCN(CCO)CC(=O)Nc1ccc(Cl)c(N)c1. The number of likely N-dealkylation sites (N-methyl/N-ethyl adjacent to an activating group) is 1. The van der Waals surface area contributed by atoms with Gasteiger partial charge in [0.05, 0.1) is 23.9 Å². The van der Waals surface area contributed by atoms with E-state index in [9.17, 15) is 4.79 Å². The van der Waals surface area contributed by atoms with Crippen molar-refractivity contribution in [3.8, 4) is 0 Å². The molecule has 0 spiro atoms. The lowest BCUT2D eigenvalue weighted by Crippen LogP contribution is -2.35. The fraction of sp³-hybridized carbons (Fsp3) is 0.417. The number of nitrogen functional groups attached to an aromatic ring is 1. The van der Waals surface area contributed by atoms with Crippen molar-refractivity contribution in [1.29, 1.82) is 0 Å². The minimum atomic E-state index is -0.146. The summed E-state index contributed by atoms with van der Waals surface area (Å²) in [5, 5.41) is 12.0. The fourth-order valence-electron chi connectivity index (χ4n) is 1.52. The number of hydrogen-bond donors (Lipinski definition) is 3. The van der Waals surface area contributed by atoms with Gasteiger partial charge >= 0.3 is 0 Å². The minimum absolute atomic E-state index is 0.0367. The second kappa shape index (κ2) is 7.20. The van der Waals surface area contributed by atoms with Crippen LogP contribution in [0, 0.1) is 0 Å². The van der Waals surface area contributed by atoms with Crippen LogP contribution in [0.3, 0.4) is 0 Å². The topological polar surface area (TPSA) is 78.6 Å². The minimum Gasteiger partial charge on any atom is -0.397 e. The van der Waals surface area contributed by atoms with Crippen LogP contribution in [0.2, 0.25) is 5.02 Å². The van der Waals surface area contributed by atoms with Crippen molar-refractivity contribution in [2.75, 3.05) is 37.3 Å². The molecule has 5 nitrogen and oxygen atoms in total. The van der Waals surface area contributed by atoms with Gasteiger partial charge in [-0.05, 0) is 24.7 Å². The second-order valence-electron chi connectivity index (χ2n) is 3.88. The van der Waals surface area contributed by atoms with Gasteiger partial charge in [0.15, 0.2) is 0 Å². The third kappa shape index (κ3) is 4.52. The summed E-state index contributed by atoms with van der Waals surface area (Å²) in [6.45, 7) is 3.39. The van der Waals surface area contributed by atoms with E-state index in [1.54, 1.807) is 18.2 Å². The van der Waals surface area contributed by atoms with Gasteiger partial charge in [0.2, 0.25) is 5.91 Å². The molecule has 0 saturated carbocycles. The Morgan fingerprint density at radius 3 is 2.83 bits per heavy atom. The number of aliphatic hydroxyl groups is 1. The Morgan fingerprint density at radius 2 is 2.28 bits per heavy atom. The summed E-state index contributed by atoms with van der Waals surface area (Å²) in [4.78, 5) is 13.6. The average Bonchev–Trinajstić information content (AvgIpc) is 2.33. The van der Waals surface area contributed by atoms with Crippen LogP contribution in [0.4, 0.5) is 11.4 Å². The van der Waals surface area contributed by atoms with Gasteiger partial charge < -0.3 is 16.2 Å². The van der Waals surface area contributed by atoms with Crippen molar-refractivity contribution >= 4 is 28.9 Å². The van der Waals surface area contributed by atoms with Gasteiger partial charge in [0, 0.05) is 12.2 Å². The van der Waals surface area contributed by atoms with Crippen LogP contribution in [-0.2, 0) is 4.79 Å². The van der Waals surface area contributed by atoms with E-state index in [0.717, 1.165) is 0 Å². The average molecular weight is 272 g/mol. The molecule has 0 saturated heterocycles. The molecule has 1 rings (SSSR count). The van der Waals surface area contributed by atoms with E-state index in [-0.39, 0.29) is 19.1 Å². The number of rotatable bonds is 6. The lowest BCUT2D eigenvalue weighted by atomic mass is 10.3. The highest BCUT2D eigenvalue weighted by Crippen LogP contribution is 2.22. The van der Waals surface area contributed by atoms with Crippen LogP contribution < -0.4 is 11.1 Å². The Morgan fingerprint density at radius 1 is 1.56 bits per heavy atom. The number of carbonyl (C=O) groups is 1. The molecular weight excluding hydrogens is 254 g/mol. The van der Waals surface area contributed by atoms with Gasteiger partial charge in [-0.1, -0.05) is 18.5 Å². The van der Waals surface area contributed by atoms with Gasteiger partial charge in [-0.15, -0.1) is 0 Å². The van der Waals surface area contributed by atoms with E-state index in [4.69, 9.17) is 22.4 Å². The lowest BCUT2D eigenvalue weighted by Gasteiger charge is -2.18. The molecule has 1 amide bonds. The summed E-state index contributed by atoms with van der Waals surface area (Å²) in [6, 6.07) is 4.94. The summed E-state index contributed by atoms with van der Waals surface area (Å²) < 4.78 is 0. The van der Waals surface area contributed by atoms with Gasteiger partial charge in [-0.2, -0.15) is 0 Å². The molecule has 0 aliphatic rings. The van der Waals surface area contributed by atoms with Crippen molar-refractivity contribution in [2.45, 2.75) is 6.92 Å². The summed E-state index contributed by atoms with van der Waals surface area (Å²) in [5.74, 6) is -0.146. The highest BCUT2D eigenvalue weighted by molar-refractivity contribution is 6.33. The fourth-order valence-corrected chi connectivity index (χ4v) is 1.63. The first-order chi connectivity index (χ1) is 8.56. The number of carbonyl (C=O) groups excluding carboxylic acids is 1. The predicted octanol–water partition coefficient (Wildman–Crippen LogP) is 1.17. The van der Waals surface area contributed by atoms with Crippen molar-refractivity contribution in [3.05, 3.63) is 23.2 Å². The monoisotopic (exact) mass is 271 g/mol. The van der Waals surface area contributed by atoms with Crippen LogP contribution in [0.1, 0.15) is 6.92 Å². The molecule has 100 valence electrons. The number of halogens is 1. The van der Waals surface area contributed by atoms with Gasteiger partial charge in [0.1, 0.15) is 0 Å². The first-order valence-corrected chi connectivity index (χ1v) is 6.12. The largest absolute Gasteiger partial charge is 0.397 e. The van der Waals surface area contributed by atoms with Crippen LogP contribution in [0.15, 0.2) is 18.2 Å². The van der Waals surface area contributed by atoms with E-state index >= 15 is 0 Å². The standard InChI is InChI=1S/C12H18ClN3O2/c1-2-16(5-6-17)8-12(18)15-9-3-4-10(13)11(14)7-9/h3-4,7,17H,2,5-6,8,14H2,1H3,(H,15,18). The maximum atomic E-state index is 11.7. The summed E-state index contributed by atoms with van der Waals surface area (Å²) in [5.41, 5.74) is 6.69. The number of benzene rings is 1. The number of nitrogens with zero attached hydrogens (tertiary/aromatic N) is 1. The number of aliphatic hydroxyl groups excluding tert-OH is 1. The number of amides is 1. The Labute approximate surface area is 112 Å². The Bertz CT molecular complexity index is 412. The van der Waals surface area contributed by atoms with Gasteiger partial charge in [0.25, 0.3) is 0 Å². The van der Waals surface area contributed by atoms with Crippen LogP contribution in [0.5, 0.6) is 0 Å². The van der Waals surface area contributed by atoms with Crippen LogP contribution in [0.25, 0.3) is 0 Å². The summed E-state index contributed by atoms with van der Waals surface area (Å²) >= 11 is 5.79. The van der Waals surface area contributed by atoms with E-state index in [1.165, 1.54) is 0 Å². The zero-order valence-electron chi connectivity index (χ0n) is 10.3. The molecule has 0 atom stereocenters. The molecule has 1 aromatic carbocycles. The van der Waals surface area contributed by atoms with Crippen LogP contribution in [-0.4, -0.2) is 42.2 Å². The molecule has 0 fully saturated rings. The van der Waals surface area contributed by atoms with E-state index in [1.807, 2.05) is 11.8 Å². The number of nitrogens with one attached hydrogen (secondary N) is 1. The molecule has 0 unspecified atom stereocenters. The Balaban J connectivity index is 2.55. The Hall–Kier alpha value is -1.30. The summed E-state index contributed by atoms with van der Waals surface area (Å²) in [7, 11) is 0. The smallest absolute Gasteiger partial charge is 0.238 e. The molecule has 4 N–H and O–H groups in total. The van der Waals surface area contributed by atoms with E-state index < -0.39 is 0 Å². The maximum absolute atomic E-state index is 11.7. The molecule has 6 heteroatoms. The molecule has 0 bridgehead atoms. The predicted molar refractivity (Wildman–Crippen MR) is 73.7 cm³/mol. The first-order valence-electron chi connectivity index (χ1n) is 5.75. The normalized spacial score (nSPS) is 10.7. The van der Waals surface area contributed by atoms with Crippen LogP contribution >= 0.6 is 11.6 Å². The van der Waals surface area contributed by atoms with Gasteiger partial charge in [-0.25, -0.2) is 0 Å². The third-order valence-corrected chi connectivity index (χ3v) is 2.85. The number of hydrogen-bond acceptors (Lipinski definition) is 4. The molecular formula is C12H18ClN3O2. The van der Waals surface area contributed by atoms with E-state index in [0.29, 0.717) is 29.5 Å². The van der Waals surface area contributed by atoms with Gasteiger partial charge in [-0.3, -0.25) is 9.69 Å². The molecule has 18 heavy (non-hydrogen) atoms. The van der Waals surface area contributed by atoms with E-state index in [2.05, 4.69) is 5.32 Å². The number of nitrogens with two attached hydrogens (primary N) is 1. The first kappa shape index (κ1) is 14.8. The molecule has 0 heterocycles. The molecule has 0 aliphatic carbocycles. The van der Waals surface area contributed by atoms with Crippen molar-refractivity contribution in [2.24, 2.45) is 0 Å². The molecule has 1 aromatic rings. The zero-order valence-corrected chi connectivity index (χ0v) is 11.1. The van der Waals surface area contributed by atoms with Crippen molar-refractivity contribution in [3.63, 3.8) is 0 Å². The molecule has 0 aliphatic heterocycles. The Kier molecular flexibility index (Phi) is 5.91. The zero-order chi connectivity index (χ0) is 13.5. The quantitative estimate of drug-likeness (QED) is 0.679. The lowest BCUT2D eigenvalue weighted by molar-refractivity contribution is -0.117. The number of anilines is 2. The third-order valence-electron chi connectivity index (χ3n) is 2.51.